The highest BCUT2D eigenvalue weighted by Crippen LogP contribution is 2.37. The fraction of sp³-hybridized carbons (Fsp3) is 0. The molecule has 0 aliphatic carbocycles. The zero-order valence-electron chi connectivity index (χ0n) is 23.7. The highest BCUT2D eigenvalue weighted by molar-refractivity contribution is 7.25. The maximum atomic E-state index is 5.19. The number of benzene rings is 6. The zero-order chi connectivity index (χ0) is 29.0. The Labute approximate surface area is 258 Å². The summed E-state index contributed by atoms with van der Waals surface area (Å²) in [5.41, 5.74) is 8.50. The topological polar surface area (TPSA) is 30.7 Å². The lowest BCUT2D eigenvalue weighted by molar-refractivity contribution is 0.995. The third-order valence-electron chi connectivity index (χ3n) is 8.46. The smallest absolute Gasteiger partial charge is 0.235 e. The summed E-state index contributed by atoms with van der Waals surface area (Å²) < 4.78 is 4.83. The number of para-hydroxylation sites is 2. The summed E-state index contributed by atoms with van der Waals surface area (Å²) in [7, 11) is 0. The molecule has 4 heteroatoms. The second-order valence-corrected chi connectivity index (χ2v) is 12.1. The second kappa shape index (κ2) is 10.0. The van der Waals surface area contributed by atoms with Crippen LogP contribution >= 0.6 is 11.3 Å². The molecular weight excluding hydrogens is 555 g/mol. The van der Waals surface area contributed by atoms with Gasteiger partial charge in [-0.05, 0) is 41.5 Å². The van der Waals surface area contributed by atoms with Gasteiger partial charge in [-0.2, -0.15) is 0 Å². The molecule has 0 bridgehead atoms. The van der Waals surface area contributed by atoms with Gasteiger partial charge in [-0.1, -0.05) is 121 Å². The van der Waals surface area contributed by atoms with Crippen LogP contribution in [0.5, 0.6) is 0 Å². The van der Waals surface area contributed by atoms with Crippen molar-refractivity contribution < 1.29 is 0 Å². The Morgan fingerprint density at radius 1 is 0.386 bits per heavy atom. The molecule has 44 heavy (non-hydrogen) atoms. The maximum Gasteiger partial charge on any atom is 0.235 e. The van der Waals surface area contributed by atoms with Crippen molar-refractivity contribution >= 4 is 53.3 Å². The van der Waals surface area contributed by atoms with Gasteiger partial charge in [-0.15, -0.1) is 11.3 Å². The summed E-state index contributed by atoms with van der Waals surface area (Å²) in [4.78, 5) is 10.3. The summed E-state index contributed by atoms with van der Waals surface area (Å²) in [5, 5.41) is 5.03. The molecule has 0 aliphatic rings. The van der Waals surface area contributed by atoms with Gasteiger partial charge in [0.1, 0.15) is 0 Å². The van der Waals surface area contributed by atoms with Crippen molar-refractivity contribution in [1.29, 1.82) is 0 Å². The first-order valence-corrected chi connectivity index (χ1v) is 15.6. The van der Waals surface area contributed by atoms with E-state index in [2.05, 4.69) is 150 Å². The quantitative estimate of drug-likeness (QED) is 0.208. The van der Waals surface area contributed by atoms with Crippen LogP contribution in [0.25, 0.3) is 81.6 Å². The maximum absolute atomic E-state index is 5.19. The van der Waals surface area contributed by atoms with Gasteiger partial charge in [0, 0.05) is 42.1 Å². The molecule has 3 nitrogen and oxygen atoms in total. The highest BCUT2D eigenvalue weighted by Gasteiger charge is 2.16. The number of hydrogen-bond acceptors (Lipinski definition) is 3. The Morgan fingerprint density at radius 2 is 0.909 bits per heavy atom. The van der Waals surface area contributed by atoms with E-state index in [1.807, 2.05) is 17.4 Å². The highest BCUT2D eigenvalue weighted by atomic mass is 32.1. The predicted octanol–water partition coefficient (Wildman–Crippen LogP) is 10.9. The van der Waals surface area contributed by atoms with Gasteiger partial charge in [0.15, 0.2) is 0 Å². The van der Waals surface area contributed by atoms with Gasteiger partial charge in [-0.3, -0.25) is 4.57 Å². The third kappa shape index (κ3) is 4.03. The molecule has 0 amide bonds. The molecule has 206 valence electrons. The van der Waals surface area contributed by atoms with Crippen molar-refractivity contribution in [2.45, 2.75) is 0 Å². The molecule has 9 rings (SSSR count). The molecule has 0 saturated carbocycles. The molecule has 0 unspecified atom stereocenters. The number of aromatic nitrogens is 3. The van der Waals surface area contributed by atoms with Crippen LogP contribution in [0.3, 0.4) is 0 Å². The summed E-state index contributed by atoms with van der Waals surface area (Å²) >= 11 is 1.85. The largest absolute Gasteiger partial charge is 0.278 e. The SMILES string of the molecule is c1ccc(-c2cc(-c3ccc(-c4ccc5c(c4)sc4ccccc45)cc3)nc(-n3c4ccccc4c4ccccc43)n2)cc1. The number of fused-ring (bicyclic) bond motifs is 6. The monoisotopic (exact) mass is 579 g/mol. The fourth-order valence-electron chi connectivity index (χ4n) is 6.32. The normalized spacial score (nSPS) is 11.6. The minimum atomic E-state index is 0.665. The molecule has 0 radical (unpaired) electrons. The van der Waals surface area contributed by atoms with Crippen LogP contribution in [-0.4, -0.2) is 14.5 Å². The Kier molecular flexibility index (Phi) is 5.68. The van der Waals surface area contributed by atoms with E-state index in [0.29, 0.717) is 5.95 Å². The van der Waals surface area contributed by atoms with Crippen LogP contribution < -0.4 is 0 Å². The minimum Gasteiger partial charge on any atom is -0.278 e. The van der Waals surface area contributed by atoms with Crippen molar-refractivity contribution in [2.24, 2.45) is 0 Å². The number of hydrogen-bond donors (Lipinski definition) is 0. The van der Waals surface area contributed by atoms with E-state index in [1.165, 1.54) is 42.1 Å². The molecule has 0 spiro atoms. The fourth-order valence-corrected chi connectivity index (χ4v) is 7.46. The van der Waals surface area contributed by atoms with E-state index in [1.54, 1.807) is 0 Å². The number of nitrogens with zero attached hydrogens (tertiary/aromatic N) is 3. The first-order valence-electron chi connectivity index (χ1n) is 14.8. The van der Waals surface area contributed by atoms with Crippen LogP contribution in [-0.2, 0) is 0 Å². The molecule has 0 saturated heterocycles. The molecule has 0 atom stereocenters. The van der Waals surface area contributed by atoms with E-state index in [9.17, 15) is 0 Å². The van der Waals surface area contributed by atoms with Gasteiger partial charge >= 0.3 is 0 Å². The van der Waals surface area contributed by atoms with Crippen molar-refractivity contribution in [3.8, 4) is 39.6 Å². The van der Waals surface area contributed by atoms with Gasteiger partial charge < -0.3 is 0 Å². The Balaban J connectivity index is 1.19. The lowest BCUT2D eigenvalue weighted by atomic mass is 10.0. The molecule has 6 aromatic carbocycles. The van der Waals surface area contributed by atoms with E-state index >= 15 is 0 Å². The molecule has 9 aromatic rings. The van der Waals surface area contributed by atoms with E-state index in [-0.39, 0.29) is 0 Å². The minimum absolute atomic E-state index is 0.665. The van der Waals surface area contributed by atoms with Crippen molar-refractivity contribution in [3.63, 3.8) is 0 Å². The molecular formula is C40H25N3S. The van der Waals surface area contributed by atoms with Gasteiger partial charge in [0.2, 0.25) is 5.95 Å². The Morgan fingerprint density at radius 3 is 1.61 bits per heavy atom. The molecule has 3 aromatic heterocycles. The average Bonchev–Trinajstić information content (AvgIpc) is 3.64. The summed E-state index contributed by atoms with van der Waals surface area (Å²) in [6.45, 7) is 0. The number of thiophene rings is 1. The zero-order valence-corrected chi connectivity index (χ0v) is 24.5. The van der Waals surface area contributed by atoms with Gasteiger partial charge in [0.05, 0.1) is 22.4 Å². The molecule has 0 aliphatic heterocycles. The van der Waals surface area contributed by atoms with Crippen LogP contribution in [0.4, 0.5) is 0 Å². The third-order valence-corrected chi connectivity index (χ3v) is 9.59. The van der Waals surface area contributed by atoms with Gasteiger partial charge in [-0.25, -0.2) is 9.97 Å². The summed E-state index contributed by atoms with van der Waals surface area (Å²) in [6, 6.07) is 53.6. The summed E-state index contributed by atoms with van der Waals surface area (Å²) in [6.07, 6.45) is 0. The van der Waals surface area contributed by atoms with Crippen LogP contribution in [0.15, 0.2) is 152 Å². The predicted molar refractivity (Wildman–Crippen MR) is 186 cm³/mol. The van der Waals surface area contributed by atoms with E-state index in [0.717, 1.165) is 33.5 Å². The molecule has 0 fully saturated rings. The van der Waals surface area contributed by atoms with Crippen LogP contribution in [0.2, 0.25) is 0 Å². The summed E-state index contributed by atoms with van der Waals surface area (Å²) in [5.74, 6) is 0.665. The number of rotatable bonds is 4. The van der Waals surface area contributed by atoms with Crippen LogP contribution in [0.1, 0.15) is 0 Å². The molecule has 3 heterocycles. The second-order valence-electron chi connectivity index (χ2n) is 11.1. The average molecular weight is 580 g/mol. The first-order chi connectivity index (χ1) is 21.8. The van der Waals surface area contributed by atoms with Crippen LogP contribution in [0, 0.1) is 0 Å². The molecule has 0 N–H and O–H groups in total. The van der Waals surface area contributed by atoms with Crippen molar-refractivity contribution in [1.82, 2.24) is 14.5 Å². The standard InChI is InChI=1S/C40H25N3S/c1-2-10-27(11-3-1)34-25-35(42-40(41-34)43-36-15-7-4-12-30(36)31-13-5-8-16-37(31)43)28-20-18-26(19-21-28)29-22-23-33-32-14-6-9-17-38(32)44-39(33)24-29/h1-25H. The van der Waals surface area contributed by atoms with Crippen molar-refractivity contribution in [2.75, 3.05) is 0 Å². The Bertz CT molecular complexity index is 2430. The lowest BCUT2D eigenvalue weighted by Crippen LogP contribution is -2.03. The Hall–Kier alpha value is -5.58. The van der Waals surface area contributed by atoms with Gasteiger partial charge in [0.25, 0.3) is 0 Å². The first kappa shape index (κ1) is 25.0. The van der Waals surface area contributed by atoms with E-state index < -0.39 is 0 Å². The van der Waals surface area contributed by atoms with E-state index in [4.69, 9.17) is 9.97 Å². The van der Waals surface area contributed by atoms with Crippen molar-refractivity contribution in [3.05, 3.63) is 152 Å². The lowest BCUT2D eigenvalue weighted by Gasteiger charge is -2.12.